The first-order valence-corrected chi connectivity index (χ1v) is 9.67. The van der Waals surface area contributed by atoms with E-state index in [-0.39, 0.29) is 30.6 Å². The van der Waals surface area contributed by atoms with Crippen LogP contribution >= 0.6 is 24.0 Å². The second kappa shape index (κ2) is 11.3. The molecule has 0 aliphatic carbocycles. The van der Waals surface area contributed by atoms with Gasteiger partial charge >= 0.3 is 0 Å². The molecule has 1 aliphatic heterocycles. The fourth-order valence-electron chi connectivity index (χ4n) is 3.40. The summed E-state index contributed by atoms with van der Waals surface area (Å²) in [4.78, 5) is 11.1. The summed E-state index contributed by atoms with van der Waals surface area (Å²) in [7, 11) is 0. The average molecular weight is 519 g/mol. The third-order valence-corrected chi connectivity index (χ3v) is 4.97. The maximum Gasteiger partial charge on any atom is 0.194 e. The highest BCUT2D eigenvalue weighted by atomic mass is 127. The molecule has 2 atom stereocenters. The fraction of sp³-hybridized carbons (Fsp3) is 0.500. The van der Waals surface area contributed by atoms with Crippen molar-refractivity contribution in [3.63, 3.8) is 0 Å². The van der Waals surface area contributed by atoms with Crippen LogP contribution in [0.15, 0.2) is 41.9 Å². The van der Waals surface area contributed by atoms with Gasteiger partial charge in [-0.3, -0.25) is 0 Å². The van der Waals surface area contributed by atoms with Gasteiger partial charge in [0, 0.05) is 38.1 Å². The van der Waals surface area contributed by atoms with Crippen molar-refractivity contribution in [3.8, 4) is 5.75 Å². The molecule has 1 saturated heterocycles. The highest BCUT2D eigenvalue weighted by molar-refractivity contribution is 14.0. The lowest BCUT2D eigenvalue weighted by molar-refractivity contribution is 0.188. The van der Waals surface area contributed by atoms with Crippen LogP contribution in [-0.4, -0.2) is 53.2 Å². The molecule has 1 aromatic heterocycles. The van der Waals surface area contributed by atoms with Crippen molar-refractivity contribution >= 4 is 29.9 Å². The number of hydrogen-bond donors (Lipinski definition) is 1. The normalized spacial score (nSPS) is 19.6. The molecule has 0 spiro atoms. The fourth-order valence-corrected chi connectivity index (χ4v) is 3.40. The molecule has 1 N–H and O–H groups in total. The molecule has 3 rings (SSSR count). The third-order valence-electron chi connectivity index (χ3n) is 4.97. The highest BCUT2D eigenvalue weighted by Crippen LogP contribution is 2.27. The molecular formula is C20H28F2IN5O. The van der Waals surface area contributed by atoms with Crippen LogP contribution in [-0.2, 0) is 0 Å². The highest BCUT2D eigenvalue weighted by Gasteiger charge is 2.28. The van der Waals surface area contributed by atoms with Crippen LogP contribution in [0.2, 0.25) is 0 Å². The van der Waals surface area contributed by atoms with Gasteiger partial charge in [-0.15, -0.1) is 24.0 Å². The van der Waals surface area contributed by atoms with Gasteiger partial charge in [0.05, 0.1) is 18.9 Å². The van der Waals surface area contributed by atoms with E-state index in [1.54, 1.807) is 6.20 Å². The molecule has 6 nitrogen and oxygen atoms in total. The number of aromatic nitrogens is 2. The van der Waals surface area contributed by atoms with Gasteiger partial charge in [-0.1, -0.05) is 6.92 Å². The molecule has 0 saturated carbocycles. The number of hydrogen-bond acceptors (Lipinski definition) is 3. The summed E-state index contributed by atoms with van der Waals surface area (Å²) in [5.41, 5.74) is 0. The lowest BCUT2D eigenvalue weighted by atomic mass is 9.93. The van der Waals surface area contributed by atoms with E-state index in [0.717, 1.165) is 44.1 Å². The molecule has 1 aliphatic rings. The minimum absolute atomic E-state index is 0. The Kier molecular flexibility index (Phi) is 9.12. The zero-order chi connectivity index (χ0) is 19.9. The van der Waals surface area contributed by atoms with Crippen LogP contribution in [0.3, 0.4) is 0 Å². The number of nitrogens with one attached hydrogen (secondary N) is 1. The standard InChI is InChI=1S/C20H27F2N5O.HI/c1-3-24-20(25-8-11-28-16-4-5-17(21)18(22)12-16)26-9-6-15(2)19(13-26)27-10-7-23-14-27;/h4-5,7,10,12,14-15,19H,3,6,8-9,11,13H2,1-2H3,(H,24,25);1H. The summed E-state index contributed by atoms with van der Waals surface area (Å²) in [6.07, 6.45) is 6.74. The SMILES string of the molecule is CCNC(=NCCOc1ccc(F)c(F)c1)N1CCC(C)C(n2ccnc2)C1.I. The molecule has 0 amide bonds. The number of nitrogens with zero attached hydrogens (tertiary/aromatic N) is 4. The Labute approximate surface area is 187 Å². The number of rotatable bonds is 6. The van der Waals surface area contributed by atoms with E-state index in [0.29, 0.717) is 24.3 Å². The van der Waals surface area contributed by atoms with E-state index in [9.17, 15) is 8.78 Å². The van der Waals surface area contributed by atoms with Crippen molar-refractivity contribution in [1.29, 1.82) is 0 Å². The first-order valence-electron chi connectivity index (χ1n) is 9.67. The molecule has 2 unspecified atom stereocenters. The van der Waals surface area contributed by atoms with Crippen LogP contribution in [0.1, 0.15) is 26.3 Å². The van der Waals surface area contributed by atoms with Crippen LogP contribution in [0.25, 0.3) is 0 Å². The molecule has 0 bridgehead atoms. The number of imidazole rings is 1. The Morgan fingerprint density at radius 3 is 2.86 bits per heavy atom. The predicted molar refractivity (Wildman–Crippen MR) is 120 cm³/mol. The van der Waals surface area contributed by atoms with Gasteiger partial charge in [0.15, 0.2) is 17.6 Å². The summed E-state index contributed by atoms with van der Waals surface area (Å²) >= 11 is 0. The van der Waals surface area contributed by atoms with Gasteiger partial charge in [0.25, 0.3) is 0 Å². The summed E-state index contributed by atoms with van der Waals surface area (Å²) in [6.45, 7) is 7.56. The van der Waals surface area contributed by atoms with Crippen LogP contribution in [0.5, 0.6) is 5.75 Å². The van der Waals surface area contributed by atoms with Gasteiger partial charge < -0.3 is 19.5 Å². The van der Waals surface area contributed by atoms with Gasteiger partial charge in [-0.2, -0.15) is 0 Å². The van der Waals surface area contributed by atoms with Gasteiger partial charge in [0.2, 0.25) is 0 Å². The lowest BCUT2D eigenvalue weighted by Crippen LogP contribution is -2.49. The monoisotopic (exact) mass is 519 g/mol. The Bertz CT molecular complexity index is 787. The Morgan fingerprint density at radius 2 is 2.17 bits per heavy atom. The molecule has 1 fully saturated rings. The Hall–Kier alpha value is -1.91. The van der Waals surface area contributed by atoms with E-state index in [1.165, 1.54) is 6.07 Å². The summed E-state index contributed by atoms with van der Waals surface area (Å²) in [5, 5.41) is 3.33. The van der Waals surface area contributed by atoms with Crippen molar-refractivity contribution in [2.24, 2.45) is 10.9 Å². The predicted octanol–water partition coefficient (Wildman–Crippen LogP) is 3.71. The second-order valence-corrected chi connectivity index (χ2v) is 6.95. The summed E-state index contributed by atoms with van der Waals surface area (Å²) in [5.74, 6) is -0.0987. The van der Waals surface area contributed by atoms with Crippen LogP contribution in [0.4, 0.5) is 8.78 Å². The van der Waals surface area contributed by atoms with Crippen molar-refractivity contribution in [2.45, 2.75) is 26.3 Å². The molecule has 1 aromatic carbocycles. The molecule has 0 radical (unpaired) electrons. The van der Waals surface area contributed by atoms with Crippen molar-refractivity contribution in [2.75, 3.05) is 32.8 Å². The zero-order valence-electron chi connectivity index (χ0n) is 16.7. The van der Waals surface area contributed by atoms with Gasteiger partial charge in [0.1, 0.15) is 12.4 Å². The topological polar surface area (TPSA) is 54.7 Å². The number of halogens is 3. The largest absolute Gasteiger partial charge is 0.492 e. The third kappa shape index (κ3) is 6.28. The van der Waals surface area contributed by atoms with Crippen LogP contribution < -0.4 is 10.1 Å². The zero-order valence-corrected chi connectivity index (χ0v) is 19.1. The number of benzene rings is 1. The maximum atomic E-state index is 13.2. The number of guanidine groups is 1. The summed E-state index contributed by atoms with van der Waals surface area (Å²) in [6, 6.07) is 3.86. The van der Waals surface area contributed by atoms with Crippen molar-refractivity contribution in [3.05, 3.63) is 48.6 Å². The van der Waals surface area contributed by atoms with E-state index in [2.05, 4.69) is 31.7 Å². The van der Waals surface area contributed by atoms with E-state index < -0.39 is 11.6 Å². The minimum Gasteiger partial charge on any atom is -0.492 e. The Morgan fingerprint density at radius 1 is 1.34 bits per heavy atom. The van der Waals surface area contributed by atoms with Crippen molar-refractivity contribution < 1.29 is 13.5 Å². The minimum atomic E-state index is -0.915. The van der Waals surface area contributed by atoms with Crippen molar-refractivity contribution in [1.82, 2.24) is 19.8 Å². The first kappa shape index (κ1) is 23.4. The quantitative estimate of drug-likeness (QED) is 0.274. The van der Waals surface area contributed by atoms with E-state index in [4.69, 9.17) is 4.74 Å². The van der Waals surface area contributed by atoms with Crippen LogP contribution in [0, 0.1) is 17.6 Å². The van der Waals surface area contributed by atoms with E-state index in [1.807, 2.05) is 19.4 Å². The molecule has 2 heterocycles. The molecule has 2 aromatic rings. The molecule has 160 valence electrons. The number of likely N-dealkylation sites (tertiary alicyclic amines) is 1. The lowest BCUT2D eigenvalue weighted by Gasteiger charge is -2.39. The molecular weight excluding hydrogens is 491 g/mol. The number of aliphatic imine (C=N–C) groups is 1. The van der Waals surface area contributed by atoms with Gasteiger partial charge in [-0.05, 0) is 31.4 Å². The Balaban J connectivity index is 0.00000300. The second-order valence-electron chi connectivity index (χ2n) is 6.95. The average Bonchev–Trinajstić information content (AvgIpc) is 3.22. The number of ether oxygens (including phenoxy) is 1. The summed E-state index contributed by atoms with van der Waals surface area (Å²) < 4.78 is 33.9. The molecule has 29 heavy (non-hydrogen) atoms. The molecule has 9 heteroatoms. The maximum absolute atomic E-state index is 13.2. The number of piperidine rings is 1. The van der Waals surface area contributed by atoms with Gasteiger partial charge in [-0.25, -0.2) is 18.8 Å². The smallest absolute Gasteiger partial charge is 0.194 e. The van der Waals surface area contributed by atoms with E-state index >= 15 is 0 Å². The first-order chi connectivity index (χ1) is 13.6.